The highest BCUT2D eigenvalue weighted by Gasteiger charge is 2.14. The van der Waals surface area contributed by atoms with Crippen LogP contribution in [0.4, 0.5) is 6.01 Å². The smallest absolute Gasteiger partial charge is 0.326 e. The molecule has 0 fully saturated rings. The lowest BCUT2D eigenvalue weighted by Gasteiger charge is -2.05. The quantitative estimate of drug-likeness (QED) is 0.649. The number of hydrogen-bond acceptors (Lipinski definition) is 8. The number of ether oxygens (including phenoxy) is 1. The maximum Gasteiger partial charge on any atom is 0.326 e. The van der Waals surface area contributed by atoms with Crippen molar-refractivity contribution in [3.8, 4) is 11.5 Å². The molecule has 1 aromatic carbocycles. The second-order valence-electron chi connectivity index (χ2n) is 5.22. The standard InChI is InChI=1S/C16H14N4O5S/c1-10-9-26-16(23)20(10)7-13(22)24-8-12(21)17-15-19-18-14(25-15)11-5-3-2-4-6-11/h2-6,9H,7-8H2,1H3,(H,17,19,21). The Labute approximate surface area is 151 Å². The number of rotatable bonds is 6. The van der Waals surface area contributed by atoms with E-state index in [0.717, 1.165) is 11.3 Å². The molecule has 0 saturated carbocycles. The van der Waals surface area contributed by atoms with Gasteiger partial charge in [-0.2, -0.15) is 0 Å². The van der Waals surface area contributed by atoms with E-state index >= 15 is 0 Å². The number of carbonyl (C=O) groups is 2. The third kappa shape index (κ3) is 4.22. The molecule has 2 aromatic heterocycles. The van der Waals surface area contributed by atoms with Crippen LogP contribution < -0.4 is 10.2 Å². The molecule has 2 heterocycles. The number of hydrogen-bond donors (Lipinski definition) is 1. The summed E-state index contributed by atoms with van der Waals surface area (Å²) < 4.78 is 11.5. The molecule has 1 N–H and O–H groups in total. The molecule has 0 saturated heterocycles. The van der Waals surface area contributed by atoms with Crippen LogP contribution in [0.15, 0.2) is 44.9 Å². The Bertz CT molecular complexity index is 976. The number of carbonyl (C=O) groups excluding carboxylic acids is 2. The molecular formula is C16H14N4O5S. The van der Waals surface area contributed by atoms with Gasteiger partial charge in [-0.3, -0.25) is 24.3 Å². The Morgan fingerprint density at radius 2 is 2.04 bits per heavy atom. The van der Waals surface area contributed by atoms with Crippen molar-refractivity contribution in [3.63, 3.8) is 0 Å². The highest BCUT2D eigenvalue weighted by molar-refractivity contribution is 7.07. The number of nitrogens with zero attached hydrogens (tertiary/aromatic N) is 3. The lowest BCUT2D eigenvalue weighted by atomic mass is 10.2. The lowest BCUT2D eigenvalue weighted by Crippen LogP contribution is -2.26. The van der Waals surface area contributed by atoms with Gasteiger partial charge in [0.25, 0.3) is 5.91 Å². The Hall–Kier alpha value is -3.27. The summed E-state index contributed by atoms with van der Waals surface area (Å²) in [7, 11) is 0. The molecule has 1 amide bonds. The summed E-state index contributed by atoms with van der Waals surface area (Å²) in [5.41, 5.74) is 1.37. The van der Waals surface area contributed by atoms with Gasteiger partial charge >= 0.3 is 16.9 Å². The van der Waals surface area contributed by atoms with E-state index in [0.29, 0.717) is 11.3 Å². The van der Waals surface area contributed by atoms with Gasteiger partial charge in [0.15, 0.2) is 6.61 Å². The van der Waals surface area contributed by atoms with E-state index in [9.17, 15) is 14.4 Å². The summed E-state index contributed by atoms with van der Waals surface area (Å²) in [4.78, 5) is 34.8. The van der Waals surface area contributed by atoms with Crippen LogP contribution in [0.2, 0.25) is 0 Å². The van der Waals surface area contributed by atoms with E-state index < -0.39 is 18.5 Å². The second-order valence-corrected chi connectivity index (χ2v) is 6.04. The Morgan fingerprint density at radius 3 is 2.73 bits per heavy atom. The molecule has 0 aliphatic heterocycles. The molecule has 0 spiro atoms. The number of amides is 1. The SMILES string of the molecule is Cc1csc(=O)n1CC(=O)OCC(=O)Nc1nnc(-c2ccccc2)o1. The summed E-state index contributed by atoms with van der Waals surface area (Å²) in [5, 5.41) is 11.5. The fourth-order valence-electron chi connectivity index (χ4n) is 2.04. The molecule has 0 atom stereocenters. The first-order valence-corrected chi connectivity index (χ1v) is 8.40. The second kappa shape index (κ2) is 7.74. The van der Waals surface area contributed by atoms with Crippen LogP contribution in [0.1, 0.15) is 5.69 Å². The Morgan fingerprint density at radius 1 is 1.27 bits per heavy atom. The predicted octanol–water partition coefficient (Wildman–Crippen LogP) is 1.45. The van der Waals surface area contributed by atoms with E-state index in [4.69, 9.17) is 9.15 Å². The maximum absolute atomic E-state index is 11.8. The minimum absolute atomic E-state index is 0.102. The molecular weight excluding hydrogens is 360 g/mol. The highest BCUT2D eigenvalue weighted by Crippen LogP contribution is 2.18. The van der Waals surface area contributed by atoms with Crippen molar-refractivity contribution in [2.75, 3.05) is 11.9 Å². The van der Waals surface area contributed by atoms with Gasteiger partial charge in [-0.05, 0) is 19.1 Å². The number of aryl methyl sites for hydroxylation is 1. The van der Waals surface area contributed by atoms with Gasteiger partial charge in [0.05, 0.1) is 0 Å². The number of esters is 1. The van der Waals surface area contributed by atoms with Crippen LogP contribution >= 0.6 is 11.3 Å². The summed E-state index contributed by atoms with van der Waals surface area (Å²) in [6.07, 6.45) is 0. The third-order valence-electron chi connectivity index (χ3n) is 3.32. The van der Waals surface area contributed by atoms with Crippen molar-refractivity contribution in [2.24, 2.45) is 0 Å². The van der Waals surface area contributed by atoms with Crippen LogP contribution in [0, 0.1) is 6.92 Å². The Kier molecular flexibility index (Phi) is 5.23. The average molecular weight is 374 g/mol. The first-order valence-electron chi connectivity index (χ1n) is 7.52. The first kappa shape index (κ1) is 17.5. The van der Waals surface area contributed by atoms with E-state index in [1.807, 2.05) is 18.2 Å². The van der Waals surface area contributed by atoms with Crippen molar-refractivity contribution >= 4 is 29.2 Å². The van der Waals surface area contributed by atoms with Crippen LogP contribution in [0.3, 0.4) is 0 Å². The molecule has 10 heteroatoms. The normalized spacial score (nSPS) is 10.5. The molecule has 9 nitrogen and oxygen atoms in total. The number of thiazole rings is 1. The predicted molar refractivity (Wildman–Crippen MR) is 92.6 cm³/mol. The molecule has 0 bridgehead atoms. The summed E-state index contributed by atoms with van der Waals surface area (Å²) >= 11 is 0.992. The van der Waals surface area contributed by atoms with E-state index in [2.05, 4.69) is 15.5 Å². The van der Waals surface area contributed by atoms with Crippen LogP contribution in [-0.2, 0) is 20.9 Å². The Balaban J connectivity index is 1.51. The largest absolute Gasteiger partial charge is 0.454 e. The van der Waals surface area contributed by atoms with Gasteiger partial charge in [0.1, 0.15) is 6.54 Å². The number of benzene rings is 1. The topological polar surface area (TPSA) is 116 Å². The van der Waals surface area contributed by atoms with E-state index in [-0.39, 0.29) is 23.3 Å². The molecule has 26 heavy (non-hydrogen) atoms. The molecule has 0 aliphatic rings. The lowest BCUT2D eigenvalue weighted by molar-refractivity contribution is -0.148. The van der Waals surface area contributed by atoms with Crippen LogP contribution in [0.5, 0.6) is 0 Å². The number of aromatic nitrogens is 3. The van der Waals surface area contributed by atoms with Crippen molar-refractivity contribution in [1.29, 1.82) is 0 Å². The van der Waals surface area contributed by atoms with Gasteiger partial charge < -0.3 is 9.15 Å². The van der Waals surface area contributed by atoms with Gasteiger partial charge in [0, 0.05) is 16.6 Å². The molecule has 0 radical (unpaired) electrons. The molecule has 3 aromatic rings. The fourth-order valence-corrected chi connectivity index (χ4v) is 2.78. The zero-order valence-electron chi connectivity index (χ0n) is 13.7. The zero-order valence-corrected chi connectivity index (χ0v) is 14.5. The van der Waals surface area contributed by atoms with Crippen LogP contribution in [0.25, 0.3) is 11.5 Å². The molecule has 3 rings (SSSR count). The summed E-state index contributed by atoms with van der Waals surface area (Å²) in [6, 6.07) is 8.96. The molecule has 134 valence electrons. The van der Waals surface area contributed by atoms with Crippen LogP contribution in [-0.4, -0.2) is 33.2 Å². The first-order chi connectivity index (χ1) is 12.5. The van der Waals surface area contributed by atoms with Gasteiger partial charge in [-0.1, -0.05) is 34.6 Å². The van der Waals surface area contributed by atoms with Gasteiger partial charge in [-0.15, -0.1) is 5.10 Å². The maximum atomic E-state index is 11.8. The van der Waals surface area contributed by atoms with Gasteiger partial charge in [0.2, 0.25) is 5.89 Å². The van der Waals surface area contributed by atoms with Gasteiger partial charge in [-0.25, -0.2) is 0 Å². The van der Waals surface area contributed by atoms with E-state index in [1.54, 1.807) is 24.4 Å². The van der Waals surface area contributed by atoms with Crippen molar-refractivity contribution in [1.82, 2.24) is 14.8 Å². The molecule has 0 aliphatic carbocycles. The highest BCUT2D eigenvalue weighted by atomic mass is 32.1. The summed E-state index contributed by atoms with van der Waals surface area (Å²) in [5.74, 6) is -1.07. The fraction of sp³-hybridized carbons (Fsp3) is 0.188. The minimum atomic E-state index is -0.695. The summed E-state index contributed by atoms with van der Waals surface area (Å²) in [6.45, 7) is 0.928. The van der Waals surface area contributed by atoms with Crippen molar-refractivity contribution < 1.29 is 18.7 Å². The van der Waals surface area contributed by atoms with Crippen molar-refractivity contribution in [2.45, 2.75) is 13.5 Å². The number of anilines is 1. The average Bonchev–Trinajstić information content (AvgIpc) is 3.23. The zero-order chi connectivity index (χ0) is 18.5. The minimum Gasteiger partial charge on any atom is -0.454 e. The third-order valence-corrected chi connectivity index (χ3v) is 4.20. The van der Waals surface area contributed by atoms with E-state index in [1.165, 1.54) is 4.57 Å². The number of nitrogens with one attached hydrogen (secondary N) is 1. The monoisotopic (exact) mass is 374 g/mol. The van der Waals surface area contributed by atoms with Crippen molar-refractivity contribution in [3.05, 3.63) is 51.1 Å². The molecule has 0 unspecified atom stereocenters.